The number of nitrogens with zero attached hydrogens (tertiary/aromatic N) is 1. The zero-order chi connectivity index (χ0) is 13.4. The molecule has 0 radical (unpaired) electrons. The van der Waals surface area contributed by atoms with Crippen LogP contribution in [0.3, 0.4) is 0 Å². The van der Waals surface area contributed by atoms with Gasteiger partial charge in [0.2, 0.25) is 5.91 Å². The second kappa shape index (κ2) is 8.08. The lowest BCUT2D eigenvalue weighted by molar-refractivity contribution is -0.137. The smallest absolute Gasteiger partial charge is 0.303 e. The number of piperidine rings is 1. The molecule has 2 N–H and O–H groups in total. The molecule has 5 heteroatoms. The average molecular weight is 256 g/mol. The van der Waals surface area contributed by atoms with Gasteiger partial charge >= 0.3 is 5.97 Å². The second-order valence-corrected chi connectivity index (χ2v) is 5.16. The highest BCUT2D eigenvalue weighted by molar-refractivity contribution is 5.76. The van der Waals surface area contributed by atoms with Gasteiger partial charge in [-0.25, -0.2) is 0 Å². The van der Waals surface area contributed by atoms with Gasteiger partial charge in [0.05, 0.1) is 0 Å². The van der Waals surface area contributed by atoms with E-state index in [2.05, 4.69) is 17.3 Å². The highest BCUT2D eigenvalue weighted by Gasteiger charge is 2.16. The molecular formula is C13H24N2O3. The Balaban J connectivity index is 2.02. The van der Waals surface area contributed by atoms with Crippen molar-refractivity contribution in [2.45, 2.75) is 38.5 Å². The summed E-state index contributed by atoms with van der Waals surface area (Å²) in [5.41, 5.74) is 0. The highest BCUT2D eigenvalue weighted by Crippen LogP contribution is 2.17. The molecule has 1 aliphatic heterocycles. The molecule has 1 amide bonds. The van der Waals surface area contributed by atoms with Crippen LogP contribution in [0.5, 0.6) is 0 Å². The summed E-state index contributed by atoms with van der Waals surface area (Å²) in [4.78, 5) is 24.0. The summed E-state index contributed by atoms with van der Waals surface area (Å²) in [7, 11) is 2.14. The van der Waals surface area contributed by atoms with Gasteiger partial charge in [-0.15, -0.1) is 0 Å². The second-order valence-electron chi connectivity index (χ2n) is 5.16. The van der Waals surface area contributed by atoms with Crippen LogP contribution < -0.4 is 5.32 Å². The molecule has 5 nitrogen and oxygen atoms in total. The lowest BCUT2D eigenvalue weighted by Crippen LogP contribution is -2.34. The van der Waals surface area contributed by atoms with Crippen LogP contribution in [-0.4, -0.2) is 48.6 Å². The number of hydrogen-bond donors (Lipinski definition) is 2. The van der Waals surface area contributed by atoms with Crippen molar-refractivity contribution in [1.29, 1.82) is 0 Å². The topological polar surface area (TPSA) is 69.6 Å². The maximum absolute atomic E-state index is 11.4. The minimum Gasteiger partial charge on any atom is -0.481 e. The van der Waals surface area contributed by atoms with Gasteiger partial charge < -0.3 is 15.3 Å². The zero-order valence-electron chi connectivity index (χ0n) is 11.2. The van der Waals surface area contributed by atoms with Gasteiger partial charge in [-0.3, -0.25) is 9.59 Å². The Morgan fingerprint density at radius 3 is 2.83 bits per heavy atom. The molecule has 0 aromatic rings. The normalized spacial score (nSPS) is 20.6. The Hall–Kier alpha value is -1.10. The zero-order valence-corrected chi connectivity index (χ0v) is 11.2. The Labute approximate surface area is 109 Å². The van der Waals surface area contributed by atoms with Gasteiger partial charge in [0.15, 0.2) is 0 Å². The molecule has 0 spiro atoms. The minimum atomic E-state index is -0.840. The number of carbonyl (C=O) groups excluding carboxylic acids is 1. The van der Waals surface area contributed by atoms with Crippen LogP contribution in [0.2, 0.25) is 0 Å². The maximum Gasteiger partial charge on any atom is 0.303 e. The van der Waals surface area contributed by atoms with Crippen LogP contribution in [0.15, 0.2) is 0 Å². The molecule has 1 rings (SSSR count). The molecule has 1 heterocycles. The van der Waals surface area contributed by atoms with Gasteiger partial charge in [-0.1, -0.05) is 0 Å². The fraction of sp³-hybridized carbons (Fsp3) is 0.846. The maximum atomic E-state index is 11.4. The van der Waals surface area contributed by atoms with Crippen molar-refractivity contribution in [3.8, 4) is 0 Å². The summed E-state index contributed by atoms with van der Waals surface area (Å²) < 4.78 is 0. The van der Waals surface area contributed by atoms with Gasteiger partial charge in [-0.2, -0.15) is 0 Å². The lowest BCUT2D eigenvalue weighted by atomic mass is 9.95. The predicted octanol–water partition coefficient (Wildman–Crippen LogP) is 1.09. The van der Waals surface area contributed by atoms with Crippen molar-refractivity contribution >= 4 is 11.9 Å². The summed E-state index contributed by atoms with van der Waals surface area (Å²) in [6.07, 6.45) is 4.33. The molecule has 1 atom stereocenters. The third kappa shape index (κ3) is 6.59. The van der Waals surface area contributed by atoms with E-state index in [9.17, 15) is 9.59 Å². The molecule has 0 aromatic carbocycles. The van der Waals surface area contributed by atoms with E-state index in [1.807, 2.05) is 0 Å². The molecule has 1 aliphatic rings. The van der Waals surface area contributed by atoms with E-state index < -0.39 is 5.97 Å². The number of aliphatic carboxylic acids is 1. The first kappa shape index (κ1) is 15.0. The van der Waals surface area contributed by atoms with Crippen LogP contribution in [-0.2, 0) is 9.59 Å². The van der Waals surface area contributed by atoms with E-state index in [4.69, 9.17) is 5.11 Å². The number of rotatable bonds is 7. The fourth-order valence-corrected chi connectivity index (χ4v) is 2.41. The highest BCUT2D eigenvalue weighted by atomic mass is 16.4. The van der Waals surface area contributed by atoms with Crippen LogP contribution in [0.25, 0.3) is 0 Å². The Morgan fingerprint density at radius 1 is 1.39 bits per heavy atom. The van der Waals surface area contributed by atoms with Gasteiger partial charge in [0, 0.05) is 25.9 Å². The molecule has 1 saturated heterocycles. The molecular weight excluding hydrogens is 232 g/mol. The van der Waals surface area contributed by atoms with Gasteiger partial charge in [-0.05, 0) is 45.2 Å². The quantitative estimate of drug-likeness (QED) is 0.715. The minimum absolute atomic E-state index is 0.0274. The number of carboxylic acids is 1. The van der Waals surface area contributed by atoms with Crippen LogP contribution in [0.1, 0.15) is 38.5 Å². The van der Waals surface area contributed by atoms with Gasteiger partial charge in [0.25, 0.3) is 0 Å². The SMILES string of the molecule is CN1CCCC(CCNC(=O)CCCC(=O)O)C1. The molecule has 1 unspecified atom stereocenters. The lowest BCUT2D eigenvalue weighted by Gasteiger charge is -2.29. The predicted molar refractivity (Wildman–Crippen MR) is 69.3 cm³/mol. The van der Waals surface area contributed by atoms with E-state index in [0.29, 0.717) is 25.3 Å². The summed E-state index contributed by atoms with van der Waals surface area (Å²) in [6, 6.07) is 0. The molecule has 0 aliphatic carbocycles. The van der Waals surface area contributed by atoms with E-state index in [-0.39, 0.29) is 12.3 Å². The number of hydrogen-bond acceptors (Lipinski definition) is 3. The third-order valence-electron chi connectivity index (χ3n) is 3.39. The summed E-state index contributed by atoms with van der Waals surface area (Å²) >= 11 is 0. The summed E-state index contributed by atoms with van der Waals surface area (Å²) in [5.74, 6) is -0.184. The largest absolute Gasteiger partial charge is 0.481 e. The molecule has 104 valence electrons. The van der Waals surface area contributed by atoms with E-state index >= 15 is 0 Å². The molecule has 1 fully saturated rings. The van der Waals surface area contributed by atoms with Crippen LogP contribution in [0, 0.1) is 5.92 Å². The van der Waals surface area contributed by atoms with Crippen molar-refractivity contribution in [3.63, 3.8) is 0 Å². The third-order valence-corrected chi connectivity index (χ3v) is 3.39. The number of amides is 1. The van der Waals surface area contributed by atoms with Crippen LogP contribution in [0.4, 0.5) is 0 Å². The number of carboxylic acid groups (broad SMARTS) is 1. The van der Waals surface area contributed by atoms with Gasteiger partial charge in [0.1, 0.15) is 0 Å². The number of likely N-dealkylation sites (tertiary alicyclic amines) is 1. The number of nitrogens with one attached hydrogen (secondary N) is 1. The van der Waals surface area contributed by atoms with Crippen molar-refractivity contribution < 1.29 is 14.7 Å². The Bertz CT molecular complexity index is 281. The standard InChI is InChI=1S/C13H24N2O3/c1-15-9-3-4-11(10-15)7-8-14-12(16)5-2-6-13(17)18/h11H,2-10H2,1H3,(H,14,16)(H,17,18). The van der Waals surface area contributed by atoms with Crippen molar-refractivity contribution in [3.05, 3.63) is 0 Å². The molecule has 0 bridgehead atoms. The van der Waals surface area contributed by atoms with Crippen molar-refractivity contribution in [1.82, 2.24) is 10.2 Å². The Kier molecular flexibility index (Phi) is 6.72. The van der Waals surface area contributed by atoms with E-state index in [0.717, 1.165) is 13.0 Å². The van der Waals surface area contributed by atoms with E-state index in [1.165, 1.54) is 19.4 Å². The Morgan fingerprint density at radius 2 is 2.17 bits per heavy atom. The summed E-state index contributed by atoms with van der Waals surface area (Å²) in [5, 5.41) is 11.3. The molecule has 18 heavy (non-hydrogen) atoms. The first-order chi connectivity index (χ1) is 8.58. The summed E-state index contributed by atoms with van der Waals surface area (Å²) in [6.45, 7) is 3.01. The molecule has 0 aromatic heterocycles. The van der Waals surface area contributed by atoms with Crippen molar-refractivity contribution in [2.75, 3.05) is 26.7 Å². The van der Waals surface area contributed by atoms with E-state index in [1.54, 1.807) is 0 Å². The monoisotopic (exact) mass is 256 g/mol. The average Bonchev–Trinajstić information content (AvgIpc) is 2.28. The first-order valence-corrected chi connectivity index (χ1v) is 6.75. The molecule has 0 saturated carbocycles. The first-order valence-electron chi connectivity index (χ1n) is 6.75. The fourth-order valence-electron chi connectivity index (χ4n) is 2.41. The van der Waals surface area contributed by atoms with Crippen LogP contribution >= 0.6 is 0 Å². The number of carbonyl (C=O) groups is 2. The van der Waals surface area contributed by atoms with Crippen molar-refractivity contribution in [2.24, 2.45) is 5.92 Å².